The topological polar surface area (TPSA) is 20.3 Å². The maximum Gasteiger partial charge on any atom is 0.232 e. The first-order valence-corrected chi connectivity index (χ1v) is 8.27. The molecule has 2 nitrogen and oxygen atoms in total. The molecule has 19 heavy (non-hydrogen) atoms. The number of hydrogen-bond donors (Lipinski definition) is 0. The van der Waals surface area contributed by atoms with Crippen molar-refractivity contribution in [1.29, 1.82) is 0 Å². The number of rotatable bonds is 4. The van der Waals surface area contributed by atoms with Crippen molar-refractivity contribution >= 4 is 40.9 Å². The molecule has 1 aliphatic rings. The second-order valence-electron chi connectivity index (χ2n) is 4.96. The van der Waals surface area contributed by atoms with Gasteiger partial charge < -0.3 is 4.90 Å². The summed E-state index contributed by atoms with van der Waals surface area (Å²) < 4.78 is 0. The first-order chi connectivity index (χ1) is 9.06. The molecule has 0 saturated carbocycles. The van der Waals surface area contributed by atoms with Crippen LogP contribution in [0.25, 0.3) is 0 Å². The van der Waals surface area contributed by atoms with Crippen molar-refractivity contribution in [2.24, 2.45) is 5.92 Å². The minimum Gasteiger partial charge on any atom is -0.342 e. The normalized spacial score (nSPS) is 18.9. The van der Waals surface area contributed by atoms with Gasteiger partial charge in [0.1, 0.15) is 0 Å². The van der Waals surface area contributed by atoms with E-state index >= 15 is 0 Å². The van der Waals surface area contributed by atoms with E-state index in [1.54, 1.807) is 17.8 Å². The van der Waals surface area contributed by atoms with Gasteiger partial charge in [-0.2, -0.15) is 0 Å². The summed E-state index contributed by atoms with van der Waals surface area (Å²) in [5, 5.41) is 1.31. The lowest BCUT2D eigenvalue weighted by atomic mass is 10.2. The van der Waals surface area contributed by atoms with Crippen LogP contribution in [0.2, 0.25) is 10.0 Å². The van der Waals surface area contributed by atoms with Gasteiger partial charge in [0, 0.05) is 28.9 Å². The molecule has 1 unspecified atom stereocenters. The standard InChI is InChI=1S/C14H17Cl2NOS/c1-10-4-5-17(7-10)14(18)9-19-8-11-2-3-12(15)6-13(11)16/h2-3,6,10H,4-5,7-9H2,1H3. The van der Waals surface area contributed by atoms with Crippen molar-refractivity contribution in [3.05, 3.63) is 33.8 Å². The molecule has 1 fully saturated rings. The number of amides is 1. The van der Waals surface area contributed by atoms with Gasteiger partial charge in [-0.15, -0.1) is 11.8 Å². The lowest BCUT2D eigenvalue weighted by Gasteiger charge is -2.15. The zero-order chi connectivity index (χ0) is 13.8. The van der Waals surface area contributed by atoms with E-state index in [-0.39, 0.29) is 5.91 Å². The van der Waals surface area contributed by atoms with Crippen LogP contribution in [0.5, 0.6) is 0 Å². The summed E-state index contributed by atoms with van der Waals surface area (Å²) in [4.78, 5) is 13.9. The lowest BCUT2D eigenvalue weighted by molar-refractivity contribution is -0.127. The molecule has 104 valence electrons. The van der Waals surface area contributed by atoms with Gasteiger partial charge in [-0.25, -0.2) is 0 Å². The average Bonchev–Trinajstić information content (AvgIpc) is 2.78. The highest BCUT2D eigenvalue weighted by Gasteiger charge is 2.22. The first kappa shape index (κ1) is 15.0. The highest BCUT2D eigenvalue weighted by Crippen LogP contribution is 2.25. The van der Waals surface area contributed by atoms with E-state index in [2.05, 4.69) is 6.92 Å². The van der Waals surface area contributed by atoms with Gasteiger partial charge in [0.2, 0.25) is 5.91 Å². The smallest absolute Gasteiger partial charge is 0.232 e. The molecule has 1 amide bonds. The number of hydrogen-bond acceptors (Lipinski definition) is 2. The van der Waals surface area contributed by atoms with Crippen molar-refractivity contribution in [2.75, 3.05) is 18.8 Å². The fourth-order valence-corrected chi connectivity index (χ4v) is 3.63. The Labute approximate surface area is 128 Å². The largest absolute Gasteiger partial charge is 0.342 e. The number of thioether (sulfide) groups is 1. The molecule has 0 bridgehead atoms. The SMILES string of the molecule is CC1CCN(C(=O)CSCc2ccc(Cl)cc2Cl)C1. The van der Waals surface area contributed by atoms with E-state index in [1.807, 2.05) is 17.0 Å². The monoisotopic (exact) mass is 317 g/mol. The van der Waals surface area contributed by atoms with E-state index in [0.717, 1.165) is 30.8 Å². The van der Waals surface area contributed by atoms with Crippen LogP contribution in [-0.4, -0.2) is 29.6 Å². The van der Waals surface area contributed by atoms with Gasteiger partial charge in [-0.1, -0.05) is 36.2 Å². The highest BCUT2D eigenvalue weighted by molar-refractivity contribution is 7.99. The Morgan fingerprint density at radius 2 is 2.26 bits per heavy atom. The van der Waals surface area contributed by atoms with Gasteiger partial charge in [-0.3, -0.25) is 4.79 Å². The third-order valence-electron chi connectivity index (χ3n) is 3.27. The number of benzene rings is 1. The van der Waals surface area contributed by atoms with Gasteiger partial charge >= 0.3 is 0 Å². The zero-order valence-electron chi connectivity index (χ0n) is 10.9. The molecule has 1 aliphatic heterocycles. The Hall–Kier alpha value is -0.380. The summed E-state index contributed by atoms with van der Waals surface area (Å²) in [7, 11) is 0. The Kier molecular flexibility index (Phi) is 5.43. The number of halogens is 2. The summed E-state index contributed by atoms with van der Waals surface area (Å²) >= 11 is 13.6. The quantitative estimate of drug-likeness (QED) is 0.833. The van der Waals surface area contributed by atoms with E-state index in [9.17, 15) is 4.79 Å². The molecule has 0 aliphatic carbocycles. The summed E-state index contributed by atoms with van der Waals surface area (Å²) in [5.41, 5.74) is 1.03. The van der Waals surface area contributed by atoms with Crippen LogP contribution in [0.15, 0.2) is 18.2 Å². The Morgan fingerprint density at radius 1 is 1.47 bits per heavy atom. The van der Waals surface area contributed by atoms with E-state index in [4.69, 9.17) is 23.2 Å². The number of nitrogens with zero attached hydrogens (tertiary/aromatic N) is 1. The van der Waals surface area contributed by atoms with Crippen LogP contribution in [0, 0.1) is 5.92 Å². The van der Waals surface area contributed by atoms with Crippen LogP contribution in [-0.2, 0) is 10.5 Å². The Balaban J connectivity index is 1.78. The lowest BCUT2D eigenvalue weighted by Crippen LogP contribution is -2.30. The minimum atomic E-state index is 0.236. The summed E-state index contributed by atoms with van der Waals surface area (Å²) in [6.07, 6.45) is 1.12. The van der Waals surface area contributed by atoms with Crippen LogP contribution in [0.3, 0.4) is 0 Å². The Morgan fingerprint density at radius 3 is 2.89 bits per heavy atom. The second kappa shape index (κ2) is 6.87. The first-order valence-electron chi connectivity index (χ1n) is 6.35. The van der Waals surface area contributed by atoms with Crippen molar-refractivity contribution in [2.45, 2.75) is 19.1 Å². The van der Waals surface area contributed by atoms with Crippen LogP contribution in [0.1, 0.15) is 18.9 Å². The minimum absolute atomic E-state index is 0.236. The van der Waals surface area contributed by atoms with Crippen LogP contribution < -0.4 is 0 Å². The molecule has 0 aromatic heterocycles. The molecule has 5 heteroatoms. The molecular weight excluding hydrogens is 301 g/mol. The molecule has 1 heterocycles. The van der Waals surface area contributed by atoms with Gasteiger partial charge in [0.05, 0.1) is 5.75 Å². The van der Waals surface area contributed by atoms with Crippen molar-refractivity contribution in [3.8, 4) is 0 Å². The van der Waals surface area contributed by atoms with E-state index in [1.165, 1.54) is 0 Å². The van der Waals surface area contributed by atoms with Crippen molar-refractivity contribution < 1.29 is 4.79 Å². The van der Waals surface area contributed by atoms with Gasteiger partial charge in [-0.05, 0) is 30.0 Å². The predicted octanol–water partition coefficient (Wildman–Crippen LogP) is 4.10. The maximum atomic E-state index is 12.0. The molecule has 1 aromatic carbocycles. The molecule has 0 N–H and O–H groups in total. The molecule has 0 radical (unpaired) electrons. The van der Waals surface area contributed by atoms with E-state index in [0.29, 0.717) is 21.7 Å². The molecule has 1 aromatic rings. The predicted molar refractivity (Wildman–Crippen MR) is 83.0 cm³/mol. The number of carbonyl (C=O) groups is 1. The fourth-order valence-electron chi connectivity index (χ4n) is 2.14. The van der Waals surface area contributed by atoms with Crippen molar-refractivity contribution in [3.63, 3.8) is 0 Å². The zero-order valence-corrected chi connectivity index (χ0v) is 13.2. The third-order valence-corrected chi connectivity index (χ3v) is 4.83. The molecule has 0 spiro atoms. The molecular formula is C14H17Cl2NOS. The second-order valence-corrected chi connectivity index (χ2v) is 6.79. The molecule has 1 saturated heterocycles. The molecule has 2 rings (SSSR count). The average molecular weight is 318 g/mol. The van der Waals surface area contributed by atoms with Crippen LogP contribution >= 0.6 is 35.0 Å². The van der Waals surface area contributed by atoms with Gasteiger partial charge in [0.15, 0.2) is 0 Å². The fraction of sp³-hybridized carbons (Fsp3) is 0.500. The van der Waals surface area contributed by atoms with Gasteiger partial charge in [0.25, 0.3) is 0 Å². The summed E-state index contributed by atoms with van der Waals surface area (Å²) in [6.45, 7) is 4.00. The summed E-state index contributed by atoms with van der Waals surface area (Å²) in [6, 6.07) is 5.48. The highest BCUT2D eigenvalue weighted by atomic mass is 35.5. The maximum absolute atomic E-state index is 12.0. The van der Waals surface area contributed by atoms with Crippen LogP contribution in [0.4, 0.5) is 0 Å². The number of likely N-dealkylation sites (tertiary alicyclic amines) is 1. The molecule has 1 atom stereocenters. The van der Waals surface area contributed by atoms with E-state index < -0.39 is 0 Å². The Bertz CT molecular complexity index is 467. The van der Waals surface area contributed by atoms with Crippen molar-refractivity contribution in [1.82, 2.24) is 4.90 Å². The third kappa shape index (κ3) is 4.30. The number of carbonyl (C=O) groups excluding carboxylic acids is 1. The summed E-state index contributed by atoms with van der Waals surface area (Å²) in [5.74, 6) is 2.13.